The number of amides is 1. The van der Waals surface area contributed by atoms with Crippen LogP contribution >= 0.6 is 0 Å². The van der Waals surface area contributed by atoms with Crippen molar-refractivity contribution in [2.45, 2.75) is 13.3 Å². The molecular formula is C13H23N5O. The summed E-state index contributed by atoms with van der Waals surface area (Å²) >= 11 is 0. The van der Waals surface area contributed by atoms with Crippen LogP contribution in [0.2, 0.25) is 0 Å². The van der Waals surface area contributed by atoms with E-state index in [1.165, 1.54) is 6.20 Å². The van der Waals surface area contributed by atoms with Crippen LogP contribution in [0.15, 0.2) is 12.4 Å². The second-order valence-corrected chi connectivity index (χ2v) is 4.58. The Morgan fingerprint density at radius 2 is 2.00 bits per heavy atom. The minimum absolute atomic E-state index is 0.0589. The summed E-state index contributed by atoms with van der Waals surface area (Å²) in [5.41, 5.74) is 0.394. The molecule has 0 saturated carbocycles. The molecule has 0 unspecified atom stereocenters. The van der Waals surface area contributed by atoms with Crippen LogP contribution in [0.4, 0.5) is 5.82 Å². The lowest BCUT2D eigenvalue weighted by Crippen LogP contribution is -2.33. The molecule has 6 heteroatoms. The van der Waals surface area contributed by atoms with Gasteiger partial charge in [-0.25, -0.2) is 9.97 Å². The van der Waals surface area contributed by atoms with Gasteiger partial charge in [0.1, 0.15) is 11.5 Å². The van der Waals surface area contributed by atoms with Crippen molar-refractivity contribution in [3.63, 3.8) is 0 Å². The summed E-state index contributed by atoms with van der Waals surface area (Å²) in [7, 11) is 5.82. The van der Waals surface area contributed by atoms with Crippen LogP contribution in [0.3, 0.4) is 0 Å². The van der Waals surface area contributed by atoms with Gasteiger partial charge in [-0.05, 0) is 34.0 Å². The average molecular weight is 265 g/mol. The van der Waals surface area contributed by atoms with Gasteiger partial charge in [0, 0.05) is 20.1 Å². The Morgan fingerprint density at radius 1 is 1.26 bits per heavy atom. The van der Waals surface area contributed by atoms with E-state index in [-0.39, 0.29) is 5.91 Å². The first-order valence-electron chi connectivity index (χ1n) is 6.52. The van der Waals surface area contributed by atoms with Crippen LogP contribution in [0.5, 0.6) is 0 Å². The number of hydrogen-bond acceptors (Lipinski definition) is 5. The number of nitrogens with one attached hydrogen (secondary N) is 1. The molecule has 106 valence electrons. The third-order valence-electron chi connectivity index (χ3n) is 2.83. The third kappa shape index (κ3) is 4.82. The summed E-state index contributed by atoms with van der Waals surface area (Å²) in [6.07, 6.45) is 4.04. The fraction of sp³-hybridized carbons (Fsp3) is 0.615. The van der Waals surface area contributed by atoms with E-state index in [1.807, 2.05) is 21.0 Å². The van der Waals surface area contributed by atoms with E-state index in [0.29, 0.717) is 18.1 Å². The van der Waals surface area contributed by atoms with Gasteiger partial charge in [0.2, 0.25) is 0 Å². The third-order valence-corrected chi connectivity index (χ3v) is 2.83. The van der Waals surface area contributed by atoms with Crippen LogP contribution in [0.25, 0.3) is 0 Å². The zero-order chi connectivity index (χ0) is 14.3. The van der Waals surface area contributed by atoms with Crippen molar-refractivity contribution in [2.75, 3.05) is 46.1 Å². The molecule has 1 N–H and O–H groups in total. The summed E-state index contributed by atoms with van der Waals surface area (Å²) in [5.74, 6) is 0.601. The Bertz CT molecular complexity index is 391. The van der Waals surface area contributed by atoms with Crippen molar-refractivity contribution < 1.29 is 4.79 Å². The van der Waals surface area contributed by atoms with Crippen molar-refractivity contribution in [2.24, 2.45) is 0 Å². The molecule has 1 amide bonds. The van der Waals surface area contributed by atoms with Crippen LogP contribution < -0.4 is 5.32 Å². The Balaban J connectivity index is 2.61. The van der Waals surface area contributed by atoms with E-state index >= 15 is 0 Å². The van der Waals surface area contributed by atoms with Gasteiger partial charge in [-0.3, -0.25) is 4.79 Å². The molecule has 1 aromatic rings. The molecule has 0 aliphatic rings. The lowest BCUT2D eigenvalue weighted by Gasteiger charge is -2.21. The van der Waals surface area contributed by atoms with E-state index in [1.54, 1.807) is 18.1 Å². The lowest BCUT2D eigenvalue weighted by atomic mass is 10.3. The van der Waals surface area contributed by atoms with Gasteiger partial charge in [0.25, 0.3) is 5.91 Å². The largest absolute Gasteiger partial charge is 0.372 e. The van der Waals surface area contributed by atoms with E-state index in [2.05, 4.69) is 20.2 Å². The van der Waals surface area contributed by atoms with Gasteiger partial charge in [-0.2, -0.15) is 0 Å². The predicted octanol–water partition coefficient (Wildman–Crippen LogP) is 0.932. The minimum atomic E-state index is -0.0589. The molecule has 0 spiro atoms. The van der Waals surface area contributed by atoms with Crippen LogP contribution in [0.1, 0.15) is 23.8 Å². The summed E-state index contributed by atoms with van der Waals surface area (Å²) < 4.78 is 0. The molecule has 0 aliphatic carbocycles. The zero-order valence-corrected chi connectivity index (χ0v) is 12.2. The lowest BCUT2D eigenvalue weighted by molar-refractivity contribution is 0.0753. The van der Waals surface area contributed by atoms with Gasteiger partial charge >= 0.3 is 0 Å². The number of carbonyl (C=O) groups is 1. The Morgan fingerprint density at radius 3 is 2.47 bits per heavy atom. The highest BCUT2D eigenvalue weighted by atomic mass is 16.2. The van der Waals surface area contributed by atoms with Crippen molar-refractivity contribution in [3.8, 4) is 0 Å². The SMILES string of the molecule is CCN(CCCN(C)C)C(=O)c1cnc(NC)cn1. The summed E-state index contributed by atoms with van der Waals surface area (Å²) in [4.78, 5) is 24.4. The highest BCUT2D eigenvalue weighted by Gasteiger charge is 2.15. The van der Waals surface area contributed by atoms with E-state index in [9.17, 15) is 4.79 Å². The van der Waals surface area contributed by atoms with Gasteiger partial charge in [-0.1, -0.05) is 0 Å². The van der Waals surface area contributed by atoms with E-state index < -0.39 is 0 Å². The molecule has 0 saturated heterocycles. The minimum Gasteiger partial charge on any atom is -0.372 e. The predicted molar refractivity (Wildman–Crippen MR) is 76.3 cm³/mol. The van der Waals surface area contributed by atoms with Gasteiger partial charge in [-0.15, -0.1) is 0 Å². The molecule has 1 rings (SSSR count). The summed E-state index contributed by atoms with van der Waals surface area (Å²) in [6.45, 7) is 4.36. The average Bonchev–Trinajstić information content (AvgIpc) is 2.43. The topological polar surface area (TPSA) is 61.4 Å². The van der Waals surface area contributed by atoms with Crippen LogP contribution in [-0.4, -0.2) is 66.5 Å². The second kappa shape index (κ2) is 7.68. The van der Waals surface area contributed by atoms with Gasteiger partial charge < -0.3 is 15.1 Å². The molecule has 0 atom stereocenters. The standard InChI is InChI=1S/C13H23N5O/c1-5-18(8-6-7-17(3)4)13(19)11-9-16-12(14-2)10-15-11/h9-10H,5-8H2,1-4H3,(H,14,16). The molecule has 0 aromatic carbocycles. The monoisotopic (exact) mass is 265 g/mol. The molecule has 0 radical (unpaired) electrons. The fourth-order valence-electron chi connectivity index (χ4n) is 1.71. The maximum absolute atomic E-state index is 12.2. The van der Waals surface area contributed by atoms with E-state index in [0.717, 1.165) is 19.5 Å². The number of hydrogen-bond donors (Lipinski definition) is 1. The Kier molecular flexibility index (Phi) is 6.21. The highest BCUT2D eigenvalue weighted by molar-refractivity contribution is 5.92. The molecule has 0 fully saturated rings. The first-order valence-corrected chi connectivity index (χ1v) is 6.52. The van der Waals surface area contributed by atoms with Crippen LogP contribution in [0, 0.1) is 0 Å². The summed E-state index contributed by atoms with van der Waals surface area (Å²) in [6, 6.07) is 0. The van der Waals surface area contributed by atoms with E-state index in [4.69, 9.17) is 0 Å². The molecule has 1 aromatic heterocycles. The van der Waals surface area contributed by atoms with Gasteiger partial charge in [0.05, 0.1) is 12.4 Å². The van der Waals surface area contributed by atoms with Gasteiger partial charge in [0.15, 0.2) is 0 Å². The second-order valence-electron chi connectivity index (χ2n) is 4.58. The molecule has 6 nitrogen and oxygen atoms in total. The molecule has 0 aliphatic heterocycles. The quantitative estimate of drug-likeness (QED) is 0.795. The number of anilines is 1. The van der Waals surface area contributed by atoms with Crippen molar-refractivity contribution in [3.05, 3.63) is 18.1 Å². The maximum Gasteiger partial charge on any atom is 0.274 e. The smallest absolute Gasteiger partial charge is 0.274 e. The van der Waals surface area contributed by atoms with Crippen molar-refractivity contribution in [1.82, 2.24) is 19.8 Å². The fourth-order valence-corrected chi connectivity index (χ4v) is 1.71. The van der Waals surface area contributed by atoms with Crippen molar-refractivity contribution >= 4 is 11.7 Å². The highest BCUT2D eigenvalue weighted by Crippen LogP contribution is 2.04. The molecule has 0 bridgehead atoms. The normalized spacial score (nSPS) is 10.6. The summed E-state index contributed by atoms with van der Waals surface area (Å²) in [5, 5.41) is 2.88. The Hall–Kier alpha value is -1.69. The number of aromatic nitrogens is 2. The first kappa shape index (κ1) is 15.4. The number of rotatable bonds is 7. The molecule has 1 heterocycles. The Labute approximate surface area is 114 Å². The maximum atomic E-state index is 12.2. The zero-order valence-electron chi connectivity index (χ0n) is 12.2. The molecule has 19 heavy (non-hydrogen) atoms. The number of carbonyl (C=O) groups excluding carboxylic acids is 1. The first-order chi connectivity index (χ1) is 9.08. The molecular weight excluding hydrogens is 242 g/mol. The van der Waals surface area contributed by atoms with Crippen molar-refractivity contribution in [1.29, 1.82) is 0 Å². The number of nitrogens with zero attached hydrogens (tertiary/aromatic N) is 4. The van der Waals surface area contributed by atoms with Crippen LogP contribution in [-0.2, 0) is 0 Å².